The molecule has 5 heteroatoms. The lowest BCUT2D eigenvalue weighted by molar-refractivity contribution is 0.0499. The molecule has 146 valence electrons. The van der Waals surface area contributed by atoms with Crippen molar-refractivity contribution in [1.82, 2.24) is 0 Å². The summed E-state index contributed by atoms with van der Waals surface area (Å²) in [6.45, 7) is 2.45. The van der Waals surface area contributed by atoms with Gasteiger partial charge in [0.1, 0.15) is 5.58 Å². The fraction of sp³-hybridized carbons (Fsp3) is 0.167. The van der Waals surface area contributed by atoms with E-state index in [2.05, 4.69) is 5.32 Å². The van der Waals surface area contributed by atoms with Gasteiger partial charge in [-0.2, -0.15) is 0 Å². The third-order valence-corrected chi connectivity index (χ3v) is 4.76. The number of hydrogen-bond donors (Lipinski definition) is 1. The molecule has 1 aromatic heterocycles. The van der Waals surface area contributed by atoms with E-state index in [0.29, 0.717) is 23.4 Å². The number of ether oxygens (including phenoxy) is 1. The summed E-state index contributed by atoms with van der Waals surface area (Å²) in [5.41, 5.74) is 1.69. The SMILES string of the molecule is CCCCOC(=O)c1ccc(NC(=O)c2cc3c(ccc4ccccc43)o2)cc1. The number of carbonyl (C=O) groups is 2. The lowest BCUT2D eigenvalue weighted by atomic mass is 10.1. The van der Waals surface area contributed by atoms with Crippen molar-refractivity contribution in [3.8, 4) is 0 Å². The fourth-order valence-electron chi connectivity index (χ4n) is 3.18. The molecule has 4 rings (SSSR count). The fourth-order valence-corrected chi connectivity index (χ4v) is 3.18. The van der Waals surface area contributed by atoms with Crippen LogP contribution in [0.4, 0.5) is 5.69 Å². The molecule has 3 aromatic carbocycles. The number of carbonyl (C=O) groups excluding carboxylic acids is 2. The van der Waals surface area contributed by atoms with Crippen LogP contribution in [0, 0.1) is 0 Å². The van der Waals surface area contributed by atoms with Crippen molar-refractivity contribution in [2.24, 2.45) is 0 Å². The number of fused-ring (bicyclic) bond motifs is 3. The van der Waals surface area contributed by atoms with E-state index in [9.17, 15) is 9.59 Å². The average Bonchev–Trinajstić information content (AvgIpc) is 3.19. The van der Waals surface area contributed by atoms with E-state index in [1.54, 1.807) is 30.3 Å². The van der Waals surface area contributed by atoms with Crippen molar-refractivity contribution >= 4 is 39.3 Å². The largest absolute Gasteiger partial charge is 0.462 e. The molecular formula is C24H21NO4. The molecule has 1 N–H and O–H groups in total. The Labute approximate surface area is 168 Å². The van der Waals surface area contributed by atoms with E-state index >= 15 is 0 Å². The summed E-state index contributed by atoms with van der Waals surface area (Å²) in [7, 11) is 0. The van der Waals surface area contributed by atoms with Gasteiger partial charge in [-0.05, 0) is 53.6 Å². The minimum absolute atomic E-state index is 0.236. The van der Waals surface area contributed by atoms with Crippen molar-refractivity contribution in [3.05, 3.63) is 78.1 Å². The van der Waals surface area contributed by atoms with E-state index in [4.69, 9.17) is 9.15 Å². The van der Waals surface area contributed by atoms with Gasteiger partial charge < -0.3 is 14.5 Å². The van der Waals surface area contributed by atoms with Gasteiger partial charge in [-0.15, -0.1) is 0 Å². The molecule has 0 bridgehead atoms. The molecule has 0 fully saturated rings. The summed E-state index contributed by atoms with van der Waals surface area (Å²) < 4.78 is 10.9. The number of anilines is 1. The summed E-state index contributed by atoms with van der Waals surface area (Å²) in [6.07, 6.45) is 1.81. The predicted octanol–water partition coefficient (Wildman–Crippen LogP) is 5.80. The third kappa shape index (κ3) is 3.99. The number of amides is 1. The highest BCUT2D eigenvalue weighted by Gasteiger charge is 2.15. The summed E-state index contributed by atoms with van der Waals surface area (Å²) in [6, 6.07) is 20.2. The van der Waals surface area contributed by atoms with Gasteiger partial charge in [0.15, 0.2) is 5.76 Å². The van der Waals surface area contributed by atoms with E-state index < -0.39 is 0 Å². The Morgan fingerprint density at radius 3 is 2.55 bits per heavy atom. The van der Waals surface area contributed by atoms with Gasteiger partial charge in [0, 0.05) is 11.1 Å². The zero-order valence-electron chi connectivity index (χ0n) is 16.1. The molecule has 1 amide bonds. The minimum atomic E-state index is -0.361. The van der Waals surface area contributed by atoms with E-state index in [0.717, 1.165) is 29.0 Å². The van der Waals surface area contributed by atoms with Crippen LogP contribution in [0.5, 0.6) is 0 Å². The molecule has 0 spiro atoms. The molecule has 0 saturated carbocycles. The first kappa shape index (κ1) is 18.7. The second kappa shape index (κ2) is 8.19. The smallest absolute Gasteiger partial charge is 0.338 e. The number of nitrogens with one attached hydrogen (secondary N) is 1. The second-order valence-corrected chi connectivity index (χ2v) is 6.83. The van der Waals surface area contributed by atoms with E-state index in [1.807, 2.05) is 43.3 Å². The van der Waals surface area contributed by atoms with Crippen LogP contribution in [0.3, 0.4) is 0 Å². The molecule has 0 aliphatic heterocycles. The Morgan fingerprint density at radius 1 is 0.966 bits per heavy atom. The first-order valence-corrected chi connectivity index (χ1v) is 9.65. The second-order valence-electron chi connectivity index (χ2n) is 6.83. The van der Waals surface area contributed by atoms with Gasteiger partial charge in [-0.1, -0.05) is 43.7 Å². The number of unbranched alkanes of at least 4 members (excludes halogenated alkanes) is 1. The average molecular weight is 387 g/mol. The summed E-state index contributed by atoms with van der Waals surface area (Å²) in [4.78, 5) is 24.6. The van der Waals surface area contributed by atoms with Crippen LogP contribution in [0.25, 0.3) is 21.7 Å². The van der Waals surface area contributed by atoms with Gasteiger partial charge in [-0.25, -0.2) is 4.79 Å². The lowest BCUT2D eigenvalue weighted by Gasteiger charge is -2.06. The molecule has 0 aliphatic carbocycles. The Hall–Kier alpha value is -3.60. The highest BCUT2D eigenvalue weighted by molar-refractivity contribution is 6.10. The molecule has 0 unspecified atom stereocenters. The molecule has 5 nitrogen and oxygen atoms in total. The van der Waals surface area contributed by atoms with Gasteiger partial charge in [0.05, 0.1) is 12.2 Å². The van der Waals surface area contributed by atoms with E-state index in [1.165, 1.54) is 0 Å². The Bertz CT molecular complexity index is 1170. The molecular weight excluding hydrogens is 366 g/mol. The summed E-state index contributed by atoms with van der Waals surface area (Å²) in [5.74, 6) is -0.469. The number of rotatable bonds is 6. The van der Waals surface area contributed by atoms with Crippen LogP contribution in [0.15, 0.2) is 71.1 Å². The minimum Gasteiger partial charge on any atom is -0.462 e. The third-order valence-electron chi connectivity index (χ3n) is 4.76. The standard InChI is InChI=1S/C24H21NO4/c1-2-3-14-28-24(27)17-8-11-18(12-9-17)25-23(26)22-15-20-19-7-5-4-6-16(19)10-13-21(20)29-22/h4-13,15H,2-3,14H2,1H3,(H,25,26). The monoisotopic (exact) mass is 387 g/mol. The molecule has 0 saturated heterocycles. The van der Waals surface area contributed by atoms with Crippen molar-refractivity contribution in [3.63, 3.8) is 0 Å². The number of furan rings is 1. The number of esters is 1. The van der Waals surface area contributed by atoms with Gasteiger partial charge >= 0.3 is 5.97 Å². The number of benzene rings is 3. The van der Waals surface area contributed by atoms with Crippen LogP contribution in [-0.2, 0) is 4.74 Å². The molecule has 0 aliphatic rings. The Kier molecular flexibility index (Phi) is 5.29. The molecule has 1 heterocycles. The van der Waals surface area contributed by atoms with Gasteiger partial charge in [-0.3, -0.25) is 4.79 Å². The zero-order valence-corrected chi connectivity index (χ0v) is 16.1. The van der Waals surface area contributed by atoms with Gasteiger partial charge in [0.25, 0.3) is 5.91 Å². The van der Waals surface area contributed by atoms with Crippen LogP contribution in [-0.4, -0.2) is 18.5 Å². The Morgan fingerprint density at radius 2 is 1.76 bits per heavy atom. The maximum Gasteiger partial charge on any atom is 0.338 e. The molecule has 4 aromatic rings. The van der Waals surface area contributed by atoms with Crippen LogP contribution in [0.1, 0.15) is 40.7 Å². The first-order valence-electron chi connectivity index (χ1n) is 9.65. The predicted molar refractivity (Wildman–Crippen MR) is 113 cm³/mol. The quantitative estimate of drug-likeness (QED) is 0.336. The van der Waals surface area contributed by atoms with Crippen molar-refractivity contribution < 1.29 is 18.7 Å². The van der Waals surface area contributed by atoms with Gasteiger partial charge in [0.2, 0.25) is 0 Å². The van der Waals surface area contributed by atoms with Crippen LogP contribution < -0.4 is 5.32 Å². The lowest BCUT2D eigenvalue weighted by Crippen LogP contribution is -2.11. The van der Waals surface area contributed by atoms with Crippen molar-refractivity contribution in [2.45, 2.75) is 19.8 Å². The van der Waals surface area contributed by atoms with Crippen LogP contribution >= 0.6 is 0 Å². The van der Waals surface area contributed by atoms with Crippen LogP contribution in [0.2, 0.25) is 0 Å². The topological polar surface area (TPSA) is 68.5 Å². The molecule has 29 heavy (non-hydrogen) atoms. The highest BCUT2D eigenvalue weighted by atomic mass is 16.5. The van der Waals surface area contributed by atoms with Crippen molar-refractivity contribution in [1.29, 1.82) is 0 Å². The van der Waals surface area contributed by atoms with E-state index in [-0.39, 0.29) is 17.6 Å². The normalized spacial score (nSPS) is 10.9. The maximum atomic E-state index is 12.6. The maximum absolute atomic E-state index is 12.6. The first-order chi connectivity index (χ1) is 14.2. The molecule has 0 radical (unpaired) electrons. The summed E-state index contributed by atoms with van der Waals surface area (Å²) in [5, 5.41) is 5.83. The Balaban J connectivity index is 1.49. The number of hydrogen-bond acceptors (Lipinski definition) is 4. The highest BCUT2D eigenvalue weighted by Crippen LogP contribution is 2.28. The summed E-state index contributed by atoms with van der Waals surface area (Å²) >= 11 is 0. The van der Waals surface area contributed by atoms with Crippen molar-refractivity contribution in [2.75, 3.05) is 11.9 Å². The molecule has 0 atom stereocenters. The zero-order chi connectivity index (χ0) is 20.2.